The Kier molecular flexibility index (Phi) is 5.37. The summed E-state index contributed by atoms with van der Waals surface area (Å²) in [6, 6.07) is -0.248. The van der Waals surface area contributed by atoms with Crippen LogP contribution in [-0.4, -0.2) is 55.5 Å². The van der Waals surface area contributed by atoms with E-state index in [1.807, 2.05) is 13.8 Å². The van der Waals surface area contributed by atoms with Crippen LogP contribution in [0.25, 0.3) is 0 Å². The third kappa shape index (κ3) is 4.70. The van der Waals surface area contributed by atoms with Gasteiger partial charge in [0.1, 0.15) is 0 Å². The molecule has 6 heteroatoms. The highest BCUT2D eigenvalue weighted by molar-refractivity contribution is 5.87. The maximum atomic E-state index is 12.2. The molecular weight excluding hydrogens is 220 g/mol. The molecule has 1 aliphatic rings. The van der Waals surface area contributed by atoms with Gasteiger partial charge in [0.05, 0.1) is 12.6 Å². The quantitative estimate of drug-likeness (QED) is 0.548. The number of nitrogens with zero attached hydrogens (tertiary/aromatic N) is 1. The molecule has 1 unspecified atom stereocenters. The Morgan fingerprint density at radius 3 is 2.59 bits per heavy atom. The van der Waals surface area contributed by atoms with E-state index in [0.717, 1.165) is 13.1 Å². The first-order valence-corrected chi connectivity index (χ1v) is 6.02. The SMILES string of the molecule is CC(C)CN(CC(N)=O)C(=O)C1CNCCN1. The highest BCUT2D eigenvalue weighted by Gasteiger charge is 2.26. The molecule has 1 rings (SSSR count). The molecule has 0 saturated carbocycles. The van der Waals surface area contributed by atoms with Crippen molar-refractivity contribution in [3.8, 4) is 0 Å². The summed E-state index contributed by atoms with van der Waals surface area (Å²) in [6.07, 6.45) is 0. The fourth-order valence-electron chi connectivity index (χ4n) is 1.91. The van der Waals surface area contributed by atoms with E-state index in [1.165, 1.54) is 4.90 Å². The predicted molar refractivity (Wildman–Crippen MR) is 65.3 cm³/mol. The minimum atomic E-state index is -0.470. The monoisotopic (exact) mass is 242 g/mol. The molecule has 0 aromatic rings. The van der Waals surface area contributed by atoms with Crippen molar-refractivity contribution in [3.05, 3.63) is 0 Å². The second-order valence-corrected chi connectivity index (χ2v) is 4.79. The van der Waals surface area contributed by atoms with Gasteiger partial charge in [-0.15, -0.1) is 0 Å². The zero-order valence-corrected chi connectivity index (χ0v) is 10.5. The summed E-state index contributed by atoms with van der Waals surface area (Å²) >= 11 is 0. The number of piperazine rings is 1. The van der Waals surface area contributed by atoms with E-state index in [0.29, 0.717) is 19.0 Å². The van der Waals surface area contributed by atoms with E-state index in [2.05, 4.69) is 10.6 Å². The van der Waals surface area contributed by atoms with Gasteiger partial charge in [0.15, 0.2) is 0 Å². The van der Waals surface area contributed by atoms with Crippen molar-refractivity contribution in [2.75, 3.05) is 32.7 Å². The van der Waals surface area contributed by atoms with Gasteiger partial charge in [0.25, 0.3) is 0 Å². The maximum Gasteiger partial charge on any atom is 0.241 e. The number of primary amides is 1. The number of hydrogen-bond donors (Lipinski definition) is 3. The van der Waals surface area contributed by atoms with Crippen LogP contribution in [0, 0.1) is 5.92 Å². The van der Waals surface area contributed by atoms with Crippen LogP contribution in [0.4, 0.5) is 0 Å². The molecular formula is C11H22N4O2. The number of nitrogens with one attached hydrogen (secondary N) is 2. The highest BCUT2D eigenvalue weighted by Crippen LogP contribution is 2.02. The standard InChI is InChI=1S/C11H22N4O2/c1-8(2)6-15(7-10(12)16)11(17)9-5-13-3-4-14-9/h8-9,13-14H,3-7H2,1-2H3,(H2,12,16). The maximum absolute atomic E-state index is 12.2. The summed E-state index contributed by atoms with van der Waals surface area (Å²) in [6.45, 7) is 6.80. The normalized spacial score (nSPS) is 20.3. The van der Waals surface area contributed by atoms with E-state index in [1.54, 1.807) is 0 Å². The van der Waals surface area contributed by atoms with E-state index >= 15 is 0 Å². The molecule has 6 nitrogen and oxygen atoms in total. The Morgan fingerprint density at radius 2 is 2.12 bits per heavy atom. The molecule has 0 radical (unpaired) electrons. The van der Waals surface area contributed by atoms with Gasteiger partial charge < -0.3 is 21.3 Å². The van der Waals surface area contributed by atoms with Crippen LogP contribution in [-0.2, 0) is 9.59 Å². The summed E-state index contributed by atoms with van der Waals surface area (Å²) in [7, 11) is 0. The molecule has 1 fully saturated rings. The van der Waals surface area contributed by atoms with Crippen molar-refractivity contribution in [1.82, 2.24) is 15.5 Å². The smallest absolute Gasteiger partial charge is 0.241 e. The van der Waals surface area contributed by atoms with Crippen LogP contribution in [0.2, 0.25) is 0 Å². The van der Waals surface area contributed by atoms with Crippen LogP contribution >= 0.6 is 0 Å². The van der Waals surface area contributed by atoms with Crippen LogP contribution in [0.1, 0.15) is 13.8 Å². The number of carbonyl (C=O) groups excluding carboxylic acids is 2. The molecule has 0 spiro atoms. The Bertz CT molecular complexity index is 275. The van der Waals surface area contributed by atoms with Crippen molar-refractivity contribution in [1.29, 1.82) is 0 Å². The van der Waals surface area contributed by atoms with Gasteiger partial charge in [0, 0.05) is 26.2 Å². The molecule has 0 aromatic heterocycles. The van der Waals surface area contributed by atoms with E-state index in [4.69, 9.17) is 5.73 Å². The molecule has 98 valence electrons. The average molecular weight is 242 g/mol. The lowest BCUT2D eigenvalue weighted by molar-refractivity contribution is -0.137. The lowest BCUT2D eigenvalue weighted by atomic mass is 10.1. The minimum absolute atomic E-state index is 0.00477. The van der Waals surface area contributed by atoms with Gasteiger partial charge in [-0.25, -0.2) is 0 Å². The summed E-state index contributed by atoms with van der Waals surface area (Å²) in [4.78, 5) is 24.7. The Balaban J connectivity index is 2.60. The van der Waals surface area contributed by atoms with Crippen molar-refractivity contribution in [2.45, 2.75) is 19.9 Å². The molecule has 0 aliphatic carbocycles. The first kappa shape index (κ1) is 13.9. The third-order valence-electron chi connectivity index (χ3n) is 2.58. The molecule has 2 amide bonds. The number of rotatable bonds is 5. The second kappa shape index (κ2) is 6.56. The van der Waals surface area contributed by atoms with E-state index < -0.39 is 5.91 Å². The number of nitrogens with two attached hydrogens (primary N) is 1. The van der Waals surface area contributed by atoms with Gasteiger partial charge >= 0.3 is 0 Å². The molecule has 1 heterocycles. The van der Waals surface area contributed by atoms with Crippen molar-refractivity contribution >= 4 is 11.8 Å². The van der Waals surface area contributed by atoms with Gasteiger partial charge in [-0.2, -0.15) is 0 Å². The van der Waals surface area contributed by atoms with Crippen LogP contribution < -0.4 is 16.4 Å². The Labute approximate surface area is 102 Å². The lowest BCUT2D eigenvalue weighted by Crippen LogP contribution is -2.58. The van der Waals surface area contributed by atoms with Crippen LogP contribution in [0.3, 0.4) is 0 Å². The van der Waals surface area contributed by atoms with Gasteiger partial charge in [0.2, 0.25) is 11.8 Å². The van der Waals surface area contributed by atoms with Crippen molar-refractivity contribution in [3.63, 3.8) is 0 Å². The zero-order valence-electron chi connectivity index (χ0n) is 10.5. The summed E-state index contributed by atoms with van der Waals surface area (Å²) in [5.41, 5.74) is 5.17. The Hall–Kier alpha value is -1.14. The largest absolute Gasteiger partial charge is 0.368 e. The van der Waals surface area contributed by atoms with Gasteiger partial charge in [-0.05, 0) is 5.92 Å². The average Bonchev–Trinajstić information content (AvgIpc) is 2.27. The first-order valence-electron chi connectivity index (χ1n) is 6.02. The highest BCUT2D eigenvalue weighted by atomic mass is 16.2. The van der Waals surface area contributed by atoms with Crippen LogP contribution in [0.5, 0.6) is 0 Å². The fourth-order valence-corrected chi connectivity index (χ4v) is 1.91. The number of hydrogen-bond acceptors (Lipinski definition) is 4. The van der Waals surface area contributed by atoms with E-state index in [-0.39, 0.29) is 18.5 Å². The first-order chi connectivity index (χ1) is 8.00. The molecule has 1 aliphatic heterocycles. The fraction of sp³-hybridized carbons (Fsp3) is 0.818. The zero-order chi connectivity index (χ0) is 12.8. The topological polar surface area (TPSA) is 87.5 Å². The Morgan fingerprint density at radius 1 is 1.41 bits per heavy atom. The van der Waals surface area contributed by atoms with Crippen molar-refractivity contribution in [2.24, 2.45) is 11.7 Å². The van der Waals surface area contributed by atoms with E-state index in [9.17, 15) is 9.59 Å². The van der Waals surface area contributed by atoms with Gasteiger partial charge in [-0.3, -0.25) is 9.59 Å². The molecule has 1 atom stereocenters. The summed E-state index contributed by atoms with van der Waals surface area (Å²) in [5, 5.41) is 6.29. The molecule has 1 saturated heterocycles. The lowest BCUT2D eigenvalue weighted by Gasteiger charge is -2.30. The number of amides is 2. The summed E-state index contributed by atoms with van der Waals surface area (Å²) < 4.78 is 0. The van der Waals surface area contributed by atoms with Crippen LogP contribution in [0.15, 0.2) is 0 Å². The van der Waals surface area contributed by atoms with Crippen molar-refractivity contribution < 1.29 is 9.59 Å². The second-order valence-electron chi connectivity index (χ2n) is 4.79. The minimum Gasteiger partial charge on any atom is -0.368 e. The summed E-state index contributed by atoms with van der Waals surface area (Å²) in [5.74, 6) is -0.206. The molecule has 0 aromatic carbocycles. The third-order valence-corrected chi connectivity index (χ3v) is 2.58. The van der Waals surface area contributed by atoms with Gasteiger partial charge in [-0.1, -0.05) is 13.8 Å². The molecule has 17 heavy (non-hydrogen) atoms. The number of carbonyl (C=O) groups is 2. The predicted octanol–water partition coefficient (Wildman–Crippen LogP) is -1.48. The molecule has 0 bridgehead atoms. The molecule has 4 N–H and O–H groups in total.